The van der Waals surface area contributed by atoms with Crippen molar-refractivity contribution in [2.45, 2.75) is 31.7 Å². The summed E-state index contributed by atoms with van der Waals surface area (Å²) in [6.07, 6.45) is 4.73. The monoisotopic (exact) mass is 345 g/mol. The molecule has 2 aliphatic heterocycles. The molecule has 2 saturated heterocycles. The first kappa shape index (κ1) is 18.2. The molecule has 0 saturated carbocycles. The summed E-state index contributed by atoms with van der Waals surface area (Å²) >= 11 is 0. The number of piperidine rings is 1. The fourth-order valence-electron chi connectivity index (χ4n) is 4.00. The van der Waals surface area contributed by atoms with Gasteiger partial charge >= 0.3 is 6.03 Å². The largest absolute Gasteiger partial charge is 0.384 e. The van der Waals surface area contributed by atoms with Gasteiger partial charge in [-0.2, -0.15) is 0 Å². The number of likely N-dealkylation sites (tertiary alicyclic amines) is 2. The predicted molar refractivity (Wildman–Crippen MR) is 99.6 cm³/mol. The van der Waals surface area contributed by atoms with Crippen molar-refractivity contribution >= 4 is 6.03 Å². The molecule has 25 heavy (non-hydrogen) atoms. The van der Waals surface area contributed by atoms with E-state index in [1.807, 2.05) is 23.1 Å². The summed E-state index contributed by atoms with van der Waals surface area (Å²) in [6, 6.07) is 10.5. The summed E-state index contributed by atoms with van der Waals surface area (Å²) in [6.45, 7) is 5.55. The van der Waals surface area contributed by atoms with Gasteiger partial charge in [-0.25, -0.2) is 4.79 Å². The van der Waals surface area contributed by atoms with Crippen molar-refractivity contribution in [1.82, 2.24) is 15.1 Å². The predicted octanol–water partition coefficient (Wildman–Crippen LogP) is 2.89. The van der Waals surface area contributed by atoms with Crippen LogP contribution in [0.2, 0.25) is 0 Å². The van der Waals surface area contributed by atoms with Crippen LogP contribution in [0.25, 0.3) is 0 Å². The molecule has 2 heterocycles. The first-order valence-electron chi connectivity index (χ1n) is 9.58. The molecule has 0 unspecified atom stereocenters. The van der Waals surface area contributed by atoms with Gasteiger partial charge in [0.05, 0.1) is 12.6 Å². The van der Waals surface area contributed by atoms with E-state index in [1.165, 1.54) is 18.4 Å². The highest BCUT2D eigenvalue weighted by Gasteiger charge is 2.26. The summed E-state index contributed by atoms with van der Waals surface area (Å²) in [5.41, 5.74) is 1.19. The smallest absolute Gasteiger partial charge is 0.317 e. The number of hydrogen-bond acceptors (Lipinski definition) is 3. The number of nitrogens with zero attached hydrogens (tertiary/aromatic N) is 2. The van der Waals surface area contributed by atoms with E-state index in [0.29, 0.717) is 5.92 Å². The Morgan fingerprint density at radius 3 is 2.68 bits per heavy atom. The fraction of sp³-hybridized carbons (Fsp3) is 0.650. The standard InChI is InChI=1S/C20H31N3O2/c1-25-16-17-8-7-13-23(14-17)20(24)21-19(15-22-11-5-6-12-22)18-9-3-2-4-10-18/h2-4,9-10,17,19H,5-8,11-16H2,1H3,(H,21,24)/t17-,19+/m1/s1. The van der Waals surface area contributed by atoms with Crippen LogP contribution in [-0.4, -0.2) is 62.3 Å². The third-order valence-corrected chi connectivity index (χ3v) is 5.35. The number of urea groups is 1. The second-order valence-corrected chi connectivity index (χ2v) is 7.33. The number of amides is 2. The van der Waals surface area contributed by atoms with Gasteiger partial charge in [-0.05, 0) is 44.3 Å². The number of carbonyl (C=O) groups excluding carboxylic acids is 1. The highest BCUT2D eigenvalue weighted by molar-refractivity contribution is 5.75. The average Bonchev–Trinajstić information content (AvgIpc) is 3.15. The van der Waals surface area contributed by atoms with Gasteiger partial charge in [0, 0.05) is 32.7 Å². The second-order valence-electron chi connectivity index (χ2n) is 7.33. The van der Waals surface area contributed by atoms with E-state index in [9.17, 15) is 4.79 Å². The van der Waals surface area contributed by atoms with Crippen LogP contribution in [0, 0.1) is 5.92 Å². The Hall–Kier alpha value is -1.59. The molecule has 1 aromatic rings. The number of methoxy groups -OCH3 is 1. The summed E-state index contributed by atoms with van der Waals surface area (Å²) in [5.74, 6) is 0.457. The molecule has 2 amide bonds. The number of ether oxygens (including phenoxy) is 1. The van der Waals surface area contributed by atoms with E-state index in [2.05, 4.69) is 22.3 Å². The van der Waals surface area contributed by atoms with Crippen molar-refractivity contribution in [3.8, 4) is 0 Å². The van der Waals surface area contributed by atoms with E-state index in [-0.39, 0.29) is 12.1 Å². The first-order chi connectivity index (χ1) is 12.3. The maximum Gasteiger partial charge on any atom is 0.317 e. The molecule has 5 nitrogen and oxygen atoms in total. The number of nitrogens with one attached hydrogen (secondary N) is 1. The van der Waals surface area contributed by atoms with Crippen LogP contribution in [0.4, 0.5) is 4.79 Å². The van der Waals surface area contributed by atoms with Crippen LogP contribution in [-0.2, 0) is 4.74 Å². The van der Waals surface area contributed by atoms with Crippen LogP contribution in [0.5, 0.6) is 0 Å². The molecule has 2 atom stereocenters. The van der Waals surface area contributed by atoms with Crippen molar-refractivity contribution in [2.24, 2.45) is 5.92 Å². The van der Waals surface area contributed by atoms with Gasteiger partial charge in [0.15, 0.2) is 0 Å². The molecule has 3 rings (SSSR count). The maximum atomic E-state index is 12.9. The van der Waals surface area contributed by atoms with Crippen LogP contribution in [0.3, 0.4) is 0 Å². The zero-order valence-corrected chi connectivity index (χ0v) is 15.3. The number of rotatable bonds is 6. The van der Waals surface area contributed by atoms with Gasteiger partial charge in [-0.15, -0.1) is 0 Å². The number of carbonyl (C=O) groups is 1. The van der Waals surface area contributed by atoms with Gasteiger partial charge in [-0.3, -0.25) is 0 Å². The van der Waals surface area contributed by atoms with Crippen LogP contribution >= 0.6 is 0 Å². The van der Waals surface area contributed by atoms with E-state index in [0.717, 1.165) is 52.2 Å². The van der Waals surface area contributed by atoms with Crippen molar-refractivity contribution in [3.05, 3.63) is 35.9 Å². The zero-order valence-electron chi connectivity index (χ0n) is 15.3. The molecular weight excluding hydrogens is 314 g/mol. The van der Waals surface area contributed by atoms with Crippen molar-refractivity contribution in [1.29, 1.82) is 0 Å². The molecule has 0 aromatic heterocycles. The summed E-state index contributed by atoms with van der Waals surface area (Å²) in [4.78, 5) is 17.3. The minimum absolute atomic E-state index is 0.0506. The van der Waals surface area contributed by atoms with Gasteiger partial charge < -0.3 is 19.9 Å². The normalized spacial score (nSPS) is 22.8. The van der Waals surface area contributed by atoms with Crippen LogP contribution in [0.1, 0.15) is 37.3 Å². The molecule has 0 bridgehead atoms. The topological polar surface area (TPSA) is 44.8 Å². The van der Waals surface area contributed by atoms with E-state index in [4.69, 9.17) is 4.74 Å². The molecule has 5 heteroatoms. The molecule has 0 radical (unpaired) electrons. The Labute approximate surface area is 151 Å². The molecule has 2 fully saturated rings. The molecular formula is C20H31N3O2. The van der Waals surface area contributed by atoms with Crippen LogP contribution < -0.4 is 5.32 Å². The minimum Gasteiger partial charge on any atom is -0.384 e. The van der Waals surface area contributed by atoms with Gasteiger partial charge in [0.1, 0.15) is 0 Å². The van der Waals surface area contributed by atoms with E-state index in [1.54, 1.807) is 7.11 Å². The highest BCUT2D eigenvalue weighted by Crippen LogP contribution is 2.20. The third kappa shape index (κ3) is 5.19. The average molecular weight is 345 g/mol. The Kier molecular flexibility index (Phi) is 6.70. The SMILES string of the molecule is COC[C@@H]1CCCN(C(=O)N[C@@H](CN2CCCC2)c2ccccc2)C1. The maximum absolute atomic E-state index is 12.9. The molecule has 0 spiro atoms. The summed E-state index contributed by atoms with van der Waals surface area (Å²) in [7, 11) is 1.74. The van der Waals surface area contributed by atoms with E-state index >= 15 is 0 Å². The molecule has 138 valence electrons. The third-order valence-electron chi connectivity index (χ3n) is 5.35. The molecule has 1 N–H and O–H groups in total. The molecule has 2 aliphatic rings. The van der Waals surface area contributed by atoms with Crippen LogP contribution in [0.15, 0.2) is 30.3 Å². The number of hydrogen-bond donors (Lipinski definition) is 1. The van der Waals surface area contributed by atoms with Crippen molar-refractivity contribution in [2.75, 3.05) is 46.4 Å². The zero-order chi connectivity index (χ0) is 17.5. The van der Waals surface area contributed by atoms with Gasteiger partial charge in [0.25, 0.3) is 0 Å². The fourth-order valence-corrected chi connectivity index (χ4v) is 4.00. The first-order valence-corrected chi connectivity index (χ1v) is 9.58. The second kappa shape index (κ2) is 9.20. The Morgan fingerprint density at radius 1 is 1.20 bits per heavy atom. The summed E-state index contributed by atoms with van der Waals surface area (Å²) in [5, 5.41) is 3.30. The molecule has 1 aromatic carbocycles. The minimum atomic E-state index is 0.0506. The van der Waals surface area contributed by atoms with Crippen molar-refractivity contribution in [3.63, 3.8) is 0 Å². The Balaban J connectivity index is 1.63. The lowest BCUT2D eigenvalue weighted by Crippen LogP contribution is -2.48. The lowest BCUT2D eigenvalue weighted by molar-refractivity contribution is 0.0990. The number of benzene rings is 1. The lowest BCUT2D eigenvalue weighted by atomic mass is 9.99. The van der Waals surface area contributed by atoms with Crippen molar-refractivity contribution < 1.29 is 9.53 Å². The Morgan fingerprint density at radius 2 is 1.96 bits per heavy atom. The highest BCUT2D eigenvalue weighted by atomic mass is 16.5. The van der Waals surface area contributed by atoms with Gasteiger partial charge in [-0.1, -0.05) is 30.3 Å². The van der Waals surface area contributed by atoms with E-state index < -0.39 is 0 Å². The lowest BCUT2D eigenvalue weighted by Gasteiger charge is -2.34. The molecule has 0 aliphatic carbocycles. The summed E-state index contributed by atoms with van der Waals surface area (Å²) < 4.78 is 5.28. The van der Waals surface area contributed by atoms with Gasteiger partial charge in [0.2, 0.25) is 0 Å². The Bertz CT molecular complexity index is 529. The quantitative estimate of drug-likeness (QED) is 0.862.